The maximum Gasteiger partial charge on any atom is 0.253 e. The van der Waals surface area contributed by atoms with Gasteiger partial charge in [0.1, 0.15) is 6.61 Å². The number of primary amides is 1. The number of hydrogen-bond acceptors (Lipinski definition) is 4. The Labute approximate surface area is 141 Å². The maximum atomic E-state index is 12.7. The van der Waals surface area contributed by atoms with E-state index in [2.05, 4.69) is 0 Å². The van der Waals surface area contributed by atoms with Gasteiger partial charge < -0.3 is 20.1 Å². The first-order valence-corrected chi connectivity index (χ1v) is 8.28. The summed E-state index contributed by atoms with van der Waals surface area (Å²) in [6.45, 7) is 3.70. The van der Waals surface area contributed by atoms with Crippen LogP contribution in [0.5, 0.6) is 11.5 Å². The van der Waals surface area contributed by atoms with Crippen molar-refractivity contribution in [2.24, 2.45) is 11.7 Å². The van der Waals surface area contributed by atoms with Crippen molar-refractivity contribution in [2.45, 2.75) is 19.8 Å². The number of piperidine rings is 1. The van der Waals surface area contributed by atoms with Crippen molar-refractivity contribution in [3.8, 4) is 11.5 Å². The molecule has 0 aromatic heterocycles. The van der Waals surface area contributed by atoms with Crippen LogP contribution in [0.3, 0.4) is 0 Å². The largest absolute Gasteiger partial charge is 0.490 e. The number of likely N-dealkylation sites (tertiary alicyclic amines) is 1. The summed E-state index contributed by atoms with van der Waals surface area (Å²) < 4.78 is 11.3. The van der Waals surface area contributed by atoms with Crippen LogP contribution in [0.1, 0.15) is 25.3 Å². The molecular weight excluding hydrogens is 308 g/mol. The number of rotatable bonds is 4. The molecule has 1 fully saturated rings. The number of nitrogens with two attached hydrogens (primary N) is 1. The second-order valence-electron chi connectivity index (χ2n) is 6.06. The Kier molecular flexibility index (Phi) is 4.74. The van der Waals surface area contributed by atoms with E-state index in [1.807, 2.05) is 31.2 Å². The molecule has 0 aliphatic carbocycles. The monoisotopic (exact) mass is 330 g/mol. The summed E-state index contributed by atoms with van der Waals surface area (Å²) in [5, 5.41) is 0. The zero-order chi connectivity index (χ0) is 17.1. The minimum absolute atomic E-state index is 0.0894. The minimum Gasteiger partial charge on any atom is -0.490 e. The summed E-state index contributed by atoms with van der Waals surface area (Å²) in [6.07, 6.45) is 3.38. The highest BCUT2D eigenvalue weighted by molar-refractivity contribution is 5.99. The Balaban J connectivity index is 1.79. The highest BCUT2D eigenvalue weighted by Crippen LogP contribution is 2.36. The van der Waals surface area contributed by atoms with E-state index in [0.29, 0.717) is 36.8 Å². The lowest BCUT2D eigenvalue weighted by Crippen LogP contribution is -2.45. The first-order chi connectivity index (χ1) is 11.6. The van der Waals surface area contributed by atoms with Gasteiger partial charge in [-0.05, 0) is 31.9 Å². The van der Waals surface area contributed by atoms with Gasteiger partial charge in [-0.25, -0.2) is 0 Å². The van der Waals surface area contributed by atoms with E-state index in [4.69, 9.17) is 15.2 Å². The fourth-order valence-corrected chi connectivity index (χ4v) is 3.17. The van der Waals surface area contributed by atoms with Crippen LogP contribution in [-0.4, -0.2) is 43.0 Å². The molecule has 0 radical (unpaired) electrons. The van der Waals surface area contributed by atoms with Crippen LogP contribution < -0.4 is 15.2 Å². The van der Waals surface area contributed by atoms with Crippen LogP contribution in [0.2, 0.25) is 0 Å². The van der Waals surface area contributed by atoms with Gasteiger partial charge in [-0.3, -0.25) is 9.59 Å². The summed E-state index contributed by atoms with van der Waals surface area (Å²) in [7, 11) is 0. The highest BCUT2D eigenvalue weighted by atomic mass is 16.5. The van der Waals surface area contributed by atoms with Crippen LogP contribution in [0.15, 0.2) is 23.8 Å². The van der Waals surface area contributed by atoms with Crippen LogP contribution in [0.25, 0.3) is 6.08 Å². The zero-order valence-corrected chi connectivity index (χ0v) is 13.8. The molecule has 0 spiro atoms. The Bertz CT molecular complexity index is 684. The van der Waals surface area contributed by atoms with Gasteiger partial charge in [0, 0.05) is 18.7 Å². The SMILES string of the molecule is CCOc1cccc2c1OCC(C(=O)N1CCCC(C(N)=O)C1)=C2. The number of benzene rings is 1. The topological polar surface area (TPSA) is 81.9 Å². The molecule has 2 N–H and O–H groups in total. The quantitative estimate of drug-likeness (QED) is 0.909. The van der Waals surface area contributed by atoms with Gasteiger partial charge in [0.2, 0.25) is 5.91 Å². The molecule has 6 nitrogen and oxygen atoms in total. The lowest BCUT2D eigenvalue weighted by molar-refractivity contribution is -0.131. The average molecular weight is 330 g/mol. The van der Waals surface area contributed by atoms with Crippen molar-refractivity contribution in [2.75, 3.05) is 26.3 Å². The van der Waals surface area contributed by atoms with E-state index in [1.54, 1.807) is 4.90 Å². The number of carbonyl (C=O) groups excluding carboxylic acids is 2. The number of fused-ring (bicyclic) bond motifs is 1. The highest BCUT2D eigenvalue weighted by Gasteiger charge is 2.30. The molecule has 1 aromatic rings. The molecule has 2 heterocycles. The van der Waals surface area contributed by atoms with E-state index < -0.39 is 0 Å². The number of carbonyl (C=O) groups is 2. The number of amides is 2. The normalized spacial score (nSPS) is 19.8. The van der Waals surface area contributed by atoms with Gasteiger partial charge in [0.05, 0.1) is 18.1 Å². The van der Waals surface area contributed by atoms with Gasteiger partial charge in [-0.2, -0.15) is 0 Å². The van der Waals surface area contributed by atoms with Crippen molar-refractivity contribution >= 4 is 17.9 Å². The number of para-hydroxylation sites is 1. The third-order valence-electron chi connectivity index (χ3n) is 4.40. The maximum absolute atomic E-state index is 12.7. The molecule has 3 rings (SSSR count). The van der Waals surface area contributed by atoms with Gasteiger partial charge in [0.15, 0.2) is 11.5 Å². The van der Waals surface area contributed by atoms with E-state index in [1.165, 1.54) is 0 Å². The first kappa shape index (κ1) is 16.4. The van der Waals surface area contributed by atoms with Crippen LogP contribution >= 0.6 is 0 Å². The van der Waals surface area contributed by atoms with Crippen molar-refractivity contribution in [1.82, 2.24) is 4.90 Å². The zero-order valence-electron chi connectivity index (χ0n) is 13.8. The third kappa shape index (κ3) is 3.22. The predicted octanol–water partition coefficient (Wildman–Crippen LogP) is 1.58. The molecule has 128 valence electrons. The van der Waals surface area contributed by atoms with E-state index in [9.17, 15) is 9.59 Å². The number of ether oxygens (including phenoxy) is 2. The Hall–Kier alpha value is -2.50. The van der Waals surface area contributed by atoms with Gasteiger partial charge in [0.25, 0.3) is 5.91 Å². The Morgan fingerprint density at radius 2 is 2.25 bits per heavy atom. The Morgan fingerprint density at radius 1 is 1.42 bits per heavy atom. The predicted molar refractivity (Wildman–Crippen MR) is 89.6 cm³/mol. The number of nitrogens with zero attached hydrogens (tertiary/aromatic N) is 1. The summed E-state index contributed by atoms with van der Waals surface area (Å²) in [5.74, 6) is 0.667. The fraction of sp³-hybridized carbons (Fsp3) is 0.444. The summed E-state index contributed by atoms with van der Waals surface area (Å²) in [4.78, 5) is 25.8. The standard InChI is InChI=1S/C18H22N2O4/c1-2-23-15-7-3-5-12-9-14(11-24-16(12)15)18(22)20-8-4-6-13(10-20)17(19)21/h3,5,7,9,13H,2,4,6,8,10-11H2,1H3,(H2,19,21). The van der Waals surface area contributed by atoms with Crippen molar-refractivity contribution in [1.29, 1.82) is 0 Å². The smallest absolute Gasteiger partial charge is 0.253 e. The summed E-state index contributed by atoms with van der Waals surface area (Å²) >= 11 is 0. The molecule has 24 heavy (non-hydrogen) atoms. The lowest BCUT2D eigenvalue weighted by atomic mass is 9.96. The molecule has 1 aromatic carbocycles. The molecule has 0 bridgehead atoms. The fourth-order valence-electron chi connectivity index (χ4n) is 3.17. The van der Waals surface area contributed by atoms with Gasteiger partial charge >= 0.3 is 0 Å². The molecule has 2 aliphatic rings. The third-order valence-corrected chi connectivity index (χ3v) is 4.40. The molecule has 6 heteroatoms. The molecule has 1 atom stereocenters. The van der Waals surface area contributed by atoms with E-state index in [0.717, 1.165) is 18.4 Å². The van der Waals surface area contributed by atoms with E-state index >= 15 is 0 Å². The molecular formula is C18H22N2O4. The second kappa shape index (κ2) is 6.95. The van der Waals surface area contributed by atoms with Crippen LogP contribution in [0.4, 0.5) is 0 Å². The van der Waals surface area contributed by atoms with Gasteiger partial charge in [-0.1, -0.05) is 12.1 Å². The minimum atomic E-state index is -0.340. The molecule has 1 unspecified atom stereocenters. The summed E-state index contributed by atoms with van der Waals surface area (Å²) in [5.41, 5.74) is 6.80. The van der Waals surface area contributed by atoms with Crippen molar-refractivity contribution < 1.29 is 19.1 Å². The molecule has 1 saturated heterocycles. The molecule has 2 amide bonds. The number of hydrogen-bond donors (Lipinski definition) is 1. The Morgan fingerprint density at radius 3 is 3.00 bits per heavy atom. The molecule has 0 saturated carbocycles. The van der Waals surface area contributed by atoms with Gasteiger partial charge in [-0.15, -0.1) is 0 Å². The van der Waals surface area contributed by atoms with Crippen LogP contribution in [0, 0.1) is 5.92 Å². The lowest BCUT2D eigenvalue weighted by Gasteiger charge is -2.32. The van der Waals surface area contributed by atoms with Crippen LogP contribution in [-0.2, 0) is 9.59 Å². The second-order valence-corrected chi connectivity index (χ2v) is 6.06. The van der Waals surface area contributed by atoms with E-state index in [-0.39, 0.29) is 24.3 Å². The van der Waals surface area contributed by atoms with Crippen molar-refractivity contribution in [3.63, 3.8) is 0 Å². The van der Waals surface area contributed by atoms with Crippen molar-refractivity contribution in [3.05, 3.63) is 29.3 Å². The average Bonchev–Trinajstić information content (AvgIpc) is 2.61. The first-order valence-electron chi connectivity index (χ1n) is 8.28. The summed E-state index contributed by atoms with van der Waals surface area (Å²) in [6, 6.07) is 5.62. The molecule has 2 aliphatic heterocycles.